The maximum absolute atomic E-state index is 9.12. The Morgan fingerprint density at radius 1 is 1.15 bits per heavy atom. The van der Waals surface area contributed by atoms with Crippen LogP contribution in [0, 0.1) is 5.92 Å². The summed E-state index contributed by atoms with van der Waals surface area (Å²) in [5, 5.41) is 16.7. The van der Waals surface area contributed by atoms with E-state index in [4.69, 9.17) is 5.11 Å². The Labute approximate surface area is 158 Å². The lowest BCUT2D eigenvalue weighted by Gasteiger charge is -2.30. The first-order valence-corrected chi connectivity index (χ1v) is 10.2. The van der Waals surface area contributed by atoms with Crippen molar-refractivity contribution in [3.63, 3.8) is 0 Å². The molecule has 0 spiro atoms. The van der Waals surface area contributed by atoms with E-state index in [-0.39, 0.29) is 0 Å². The molecule has 142 valence electrons. The van der Waals surface area contributed by atoms with Crippen molar-refractivity contribution in [2.75, 3.05) is 6.54 Å². The van der Waals surface area contributed by atoms with Gasteiger partial charge in [-0.2, -0.15) is 0 Å². The Morgan fingerprint density at radius 3 is 2.54 bits per heavy atom. The summed E-state index contributed by atoms with van der Waals surface area (Å²) in [6.45, 7) is 6.80. The van der Waals surface area contributed by atoms with Crippen LogP contribution in [-0.2, 0) is 0 Å². The monoisotopic (exact) mass is 354 g/mol. The minimum Gasteiger partial charge on any atom is -0.513 e. The average molecular weight is 355 g/mol. The highest BCUT2D eigenvalue weighted by Gasteiger charge is 2.39. The predicted octanol–water partition coefficient (Wildman–Crippen LogP) is 4.82. The van der Waals surface area contributed by atoms with Gasteiger partial charge in [0.05, 0.1) is 5.76 Å². The first-order valence-electron chi connectivity index (χ1n) is 10.2. The molecule has 2 aliphatic carbocycles. The largest absolute Gasteiger partial charge is 0.513 e. The lowest BCUT2D eigenvalue weighted by atomic mass is 9.91. The zero-order valence-electron chi connectivity index (χ0n) is 16.1. The first kappa shape index (κ1) is 19.2. The van der Waals surface area contributed by atoms with Crippen molar-refractivity contribution in [1.29, 1.82) is 0 Å². The fourth-order valence-corrected chi connectivity index (χ4v) is 4.17. The molecule has 3 heteroatoms. The highest BCUT2D eigenvalue weighted by molar-refractivity contribution is 5.53. The SMILES string of the molecule is C=C(O)CCCNC1CCC(NC2CC2/C(C)=C/c2ccccc2)CC1. The summed E-state index contributed by atoms with van der Waals surface area (Å²) in [5.41, 5.74) is 2.82. The molecule has 0 amide bonds. The zero-order valence-corrected chi connectivity index (χ0v) is 16.1. The van der Waals surface area contributed by atoms with Crippen LogP contribution in [0.5, 0.6) is 0 Å². The van der Waals surface area contributed by atoms with Crippen LogP contribution >= 0.6 is 0 Å². The molecule has 1 aromatic carbocycles. The molecule has 2 fully saturated rings. The summed E-state index contributed by atoms with van der Waals surface area (Å²) < 4.78 is 0. The highest BCUT2D eigenvalue weighted by atomic mass is 16.3. The van der Waals surface area contributed by atoms with Gasteiger partial charge in [-0.3, -0.25) is 0 Å². The molecule has 0 bridgehead atoms. The van der Waals surface area contributed by atoms with Crippen LogP contribution in [0.3, 0.4) is 0 Å². The van der Waals surface area contributed by atoms with Gasteiger partial charge in [0.2, 0.25) is 0 Å². The maximum Gasteiger partial charge on any atom is 0.0851 e. The van der Waals surface area contributed by atoms with Crippen molar-refractivity contribution in [1.82, 2.24) is 10.6 Å². The van der Waals surface area contributed by atoms with Crippen molar-refractivity contribution in [3.8, 4) is 0 Å². The van der Waals surface area contributed by atoms with Gasteiger partial charge in [0.25, 0.3) is 0 Å². The predicted molar refractivity (Wildman–Crippen MR) is 110 cm³/mol. The van der Waals surface area contributed by atoms with E-state index in [2.05, 4.69) is 60.5 Å². The third-order valence-corrected chi connectivity index (χ3v) is 5.82. The normalized spacial score (nSPS) is 28.7. The Kier molecular flexibility index (Phi) is 6.93. The van der Waals surface area contributed by atoms with Crippen LogP contribution in [0.1, 0.15) is 57.4 Å². The van der Waals surface area contributed by atoms with E-state index in [9.17, 15) is 0 Å². The van der Waals surface area contributed by atoms with E-state index in [1.54, 1.807) is 0 Å². The summed E-state index contributed by atoms with van der Waals surface area (Å²) in [5.74, 6) is 1.02. The van der Waals surface area contributed by atoms with Gasteiger partial charge in [-0.25, -0.2) is 0 Å². The van der Waals surface area contributed by atoms with Gasteiger partial charge in [0.15, 0.2) is 0 Å². The number of rotatable bonds is 9. The van der Waals surface area contributed by atoms with Gasteiger partial charge in [-0.1, -0.05) is 48.6 Å². The van der Waals surface area contributed by atoms with Crippen molar-refractivity contribution < 1.29 is 5.11 Å². The summed E-state index contributed by atoms with van der Waals surface area (Å²) in [6.07, 6.45) is 10.4. The second-order valence-corrected chi connectivity index (χ2v) is 8.09. The van der Waals surface area contributed by atoms with Crippen LogP contribution in [0.2, 0.25) is 0 Å². The fraction of sp³-hybridized carbons (Fsp3) is 0.565. The van der Waals surface area contributed by atoms with Crippen LogP contribution in [-0.4, -0.2) is 29.8 Å². The van der Waals surface area contributed by atoms with Crippen molar-refractivity contribution >= 4 is 6.08 Å². The van der Waals surface area contributed by atoms with Crippen molar-refractivity contribution in [2.24, 2.45) is 5.92 Å². The minimum atomic E-state index is 0.301. The Hall–Kier alpha value is -1.58. The Morgan fingerprint density at radius 2 is 1.85 bits per heavy atom. The third kappa shape index (κ3) is 6.00. The van der Waals surface area contributed by atoms with Gasteiger partial charge in [0.1, 0.15) is 0 Å². The van der Waals surface area contributed by atoms with Gasteiger partial charge < -0.3 is 15.7 Å². The number of hydrogen-bond donors (Lipinski definition) is 3. The zero-order chi connectivity index (χ0) is 18.4. The molecule has 3 rings (SSSR count). The number of benzene rings is 1. The lowest BCUT2D eigenvalue weighted by Crippen LogP contribution is -2.41. The van der Waals surface area contributed by atoms with E-state index in [1.165, 1.54) is 43.2 Å². The number of nitrogens with one attached hydrogen (secondary N) is 2. The van der Waals surface area contributed by atoms with E-state index in [0.717, 1.165) is 18.9 Å². The fourth-order valence-electron chi connectivity index (χ4n) is 4.17. The molecule has 1 aromatic rings. The summed E-state index contributed by atoms with van der Waals surface area (Å²) in [4.78, 5) is 0. The first-order chi connectivity index (χ1) is 12.6. The van der Waals surface area contributed by atoms with Gasteiger partial charge >= 0.3 is 0 Å². The molecule has 2 unspecified atom stereocenters. The molecule has 2 saturated carbocycles. The van der Waals surface area contributed by atoms with E-state index in [1.807, 2.05) is 0 Å². The molecular weight excluding hydrogens is 320 g/mol. The lowest BCUT2D eigenvalue weighted by molar-refractivity contribution is 0.302. The molecule has 2 atom stereocenters. The topological polar surface area (TPSA) is 44.3 Å². The molecule has 3 N–H and O–H groups in total. The van der Waals surface area contributed by atoms with Gasteiger partial charge in [0, 0.05) is 24.5 Å². The van der Waals surface area contributed by atoms with Gasteiger partial charge in [-0.05, 0) is 63.5 Å². The quantitative estimate of drug-likeness (QED) is 0.440. The van der Waals surface area contributed by atoms with Crippen LogP contribution < -0.4 is 10.6 Å². The number of hydrogen-bond acceptors (Lipinski definition) is 3. The van der Waals surface area contributed by atoms with E-state index < -0.39 is 0 Å². The maximum atomic E-state index is 9.12. The number of aliphatic hydroxyl groups excluding tert-OH is 1. The van der Waals surface area contributed by atoms with Gasteiger partial charge in [-0.15, -0.1) is 0 Å². The molecular formula is C23H34N2O. The van der Waals surface area contributed by atoms with Crippen LogP contribution in [0.15, 0.2) is 48.2 Å². The van der Waals surface area contributed by atoms with E-state index >= 15 is 0 Å². The molecule has 3 nitrogen and oxygen atoms in total. The molecule has 0 aromatic heterocycles. The molecule has 26 heavy (non-hydrogen) atoms. The second-order valence-electron chi connectivity index (χ2n) is 8.09. The molecule has 0 heterocycles. The standard InChI is InChI=1S/C23H34N2O/c1-17(15-19-8-4-3-5-9-19)22-16-23(22)25-21-12-10-20(11-13-21)24-14-6-7-18(2)26/h3-5,8-9,15,20-26H,2,6-7,10-14,16H2,1H3/b17-15+. The Bertz CT molecular complexity index is 602. The molecule has 0 radical (unpaired) electrons. The summed E-state index contributed by atoms with van der Waals surface area (Å²) >= 11 is 0. The molecule has 0 saturated heterocycles. The molecule has 0 aliphatic heterocycles. The van der Waals surface area contributed by atoms with Crippen LogP contribution in [0.25, 0.3) is 6.08 Å². The number of aliphatic hydroxyl groups is 1. The average Bonchev–Trinajstić information content (AvgIpc) is 3.40. The Balaban J connectivity index is 1.33. The second kappa shape index (κ2) is 9.38. The third-order valence-electron chi connectivity index (χ3n) is 5.82. The molecule has 2 aliphatic rings. The van der Waals surface area contributed by atoms with Crippen molar-refractivity contribution in [2.45, 2.75) is 70.0 Å². The van der Waals surface area contributed by atoms with Crippen LogP contribution in [0.4, 0.5) is 0 Å². The van der Waals surface area contributed by atoms with E-state index in [0.29, 0.717) is 30.3 Å². The highest BCUT2D eigenvalue weighted by Crippen LogP contribution is 2.39. The minimum absolute atomic E-state index is 0.301. The van der Waals surface area contributed by atoms with Crippen molar-refractivity contribution in [3.05, 3.63) is 53.8 Å². The number of allylic oxidation sites excluding steroid dienone is 1. The summed E-state index contributed by atoms with van der Waals surface area (Å²) in [6, 6.07) is 12.7. The summed E-state index contributed by atoms with van der Waals surface area (Å²) in [7, 11) is 0. The smallest absolute Gasteiger partial charge is 0.0851 e.